The molecule has 27 heavy (non-hydrogen) atoms. The van der Waals surface area contributed by atoms with Gasteiger partial charge in [-0.15, -0.1) is 0 Å². The van der Waals surface area contributed by atoms with Crippen molar-refractivity contribution in [2.75, 3.05) is 38.5 Å². The van der Waals surface area contributed by atoms with Crippen molar-refractivity contribution < 1.29 is 18.0 Å². The minimum atomic E-state index is -4.51. The largest absolute Gasteiger partial charge is 0.418 e. The van der Waals surface area contributed by atoms with Crippen molar-refractivity contribution in [3.8, 4) is 0 Å². The Morgan fingerprint density at radius 2 is 1.78 bits per heavy atom. The number of benzene rings is 1. The summed E-state index contributed by atoms with van der Waals surface area (Å²) in [5.41, 5.74) is -0.316. The fourth-order valence-electron chi connectivity index (χ4n) is 2.87. The number of para-hydroxylation sites is 1. The van der Waals surface area contributed by atoms with Crippen LogP contribution < -0.4 is 5.32 Å². The Morgan fingerprint density at radius 1 is 1.11 bits per heavy atom. The fraction of sp³-hybridized carbons (Fsp3) is 0.389. The van der Waals surface area contributed by atoms with Crippen molar-refractivity contribution in [1.29, 1.82) is 0 Å². The summed E-state index contributed by atoms with van der Waals surface area (Å²) < 4.78 is 39.5. The molecule has 2 heterocycles. The zero-order chi connectivity index (χ0) is 19.6. The molecule has 0 unspecified atom stereocenters. The molecule has 0 aliphatic carbocycles. The van der Waals surface area contributed by atoms with Crippen LogP contribution in [0.25, 0.3) is 0 Å². The van der Waals surface area contributed by atoms with Crippen LogP contribution in [0.5, 0.6) is 0 Å². The van der Waals surface area contributed by atoms with Gasteiger partial charge in [0.05, 0.1) is 11.3 Å². The number of aryl methyl sites for hydroxylation is 1. The van der Waals surface area contributed by atoms with Crippen molar-refractivity contribution in [1.82, 2.24) is 19.8 Å². The van der Waals surface area contributed by atoms with Crippen LogP contribution in [0.3, 0.4) is 0 Å². The van der Waals surface area contributed by atoms with Crippen LogP contribution >= 0.6 is 0 Å². The molecule has 1 amide bonds. The highest BCUT2D eigenvalue weighted by Crippen LogP contribution is 2.35. The number of nitrogens with zero attached hydrogens (tertiary/aromatic N) is 4. The number of carbonyl (C=O) groups is 1. The lowest BCUT2D eigenvalue weighted by Gasteiger charge is -2.32. The van der Waals surface area contributed by atoms with Gasteiger partial charge in [-0.05, 0) is 32.2 Å². The Bertz CT molecular complexity index is 832. The lowest BCUT2D eigenvalue weighted by Crippen LogP contribution is -2.47. The number of aromatic nitrogens is 2. The number of halogens is 3. The molecule has 1 aromatic carbocycles. The number of rotatable bonds is 3. The van der Waals surface area contributed by atoms with E-state index in [4.69, 9.17) is 0 Å². The second-order valence-corrected chi connectivity index (χ2v) is 6.48. The maximum absolute atomic E-state index is 13.2. The predicted octanol–water partition coefficient (Wildman–Crippen LogP) is 2.94. The van der Waals surface area contributed by atoms with E-state index in [1.54, 1.807) is 17.9 Å². The Hall–Kier alpha value is -2.68. The molecule has 9 heteroatoms. The van der Waals surface area contributed by atoms with Crippen LogP contribution in [0, 0.1) is 6.92 Å². The highest BCUT2D eigenvalue weighted by Gasteiger charge is 2.33. The number of hydrogen-bond acceptors (Lipinski definition) is 5. The maximum atomic E-state index is 13.2. The molecule has 0 saturated carbocycles. The first-order valence-corrected chi connectivity index (χ1v) is 8.51. The number of hydrogen-bond donors (Lipinski definition) is 1. The molecule has 6 nitrogen and oxygen atoms in total. The van der Waals surface area contributed by atoms with Crippen molar-refractivity contribution in [3.05, 3.63) is 47.3 Å². The number of carbonyl (C=O) groups excluding carboxylic acids is 1. The Labute approximate surface area is 155 Å². The monoisotopic (exact) mass is 379 g/mol. The summed E-state index contributed by atoms with van der Waals surface area (Å²) in [5.74, 6) is -0.287. The molecule has 1 N–H and O–H groups in total. The molecule has 3 rings (SSSR count). The van der Waals surface area contributed by atoms with Crippen LogP contribution in [0.4, 0.5) is 24.8 Å². The molecule has 0 radical (unpaired) electrons. The number of likely N-dealkylation sites (N-methyl/N-ethyl adjacent to an activating group) is 1. The Morgan fingerprint density at radius 3 is 2.44 bits per heavy atom. The lowest BCUT2D eigenvalue weighted by molar-refractivity contribution is -0.136. The number of piperazine rings is 1. The summed E-state index contributed by atoms with van der Waals surface area (Å²) >= 11 is 0. The molecular weight excluding hydrogens is 359 g/mol. The molecule has 1 aromatic heterocycles. The SMILES string of the molecule is Cc1cc(C(=O)N2CCN(C)CC2)nc(Nc2ccccc2C(F)(F)F)n1. The zero-order valence-corrected chi connectivity index (χ0v) is 15.0. The van der Waals surface area contributed by atoms with E-state index >= 15 is 0 Å². The quantitative estimate of drug-likeness (QED) is 0.889. The predicted molar refractivity (Wildman–Crippen MR) is 94.9 cm³/mol. The summed E-state index contributed by atoms with van der Waals surface area (Å²) in [6.07, 6.45) is -4.51. The van der Waals surface area contributed by atoms with Gasteiger partial charge in [0.15, 0.2) is 0 Å². The third-order valence-electron chi connectivity index (χ3n) is 4.34. The van der Waals surface area contributed by atoms with Crippen LogP contribution in [0.1, 0.15) is 21.7 Å². The van der Waals surface area contributed by atoms with Crippen molar-refractivity contribution >= 4 is 17.5 Å². The molecule has 1 saturated heterocycles. The Kier molecular flexibility index (Phi) is 5.31. The fourth-order valence-corrected chi connectivity index (χ4v) is 2.87. The van der Waals surface area contributed by atoms with E-state index in [9.17, 15) is 18.0 Å². The van der Waals surface area contributed by atoms with Gasteiger partial charge in [0.1, 0.15) is 5.69 Å². The van der Waals surface area contributed by atoms with Gasteiger partial charge in [0.2, 0.25) is 5.95 Å². The average Bonchev–Trinajstić information content (AvgIpc) is 2.61. The van der Waals surface area contributed by atoms with Gasteiger partial charge in [0, 0.05) is 31.9 Å². The van der Waals surface area contributed by atoms with Gasteiger partial charge in [-0.25, -0.2) is 9.97 Å². The van der Waals surface area contributed by atoms with Gasteiger partial charge < -0.3 is 15.1 Å². The van der Waals surface area contributed by atoms with E-state index in [1.165, 1.54) is 18.2 Å². The first-order chi connectivity index (χ1) is 12.7. The van der Waals surface area contributed by atoms with E-state index in [1.807, 2.05) is 7.05 Å². The zero-order valence-electron chi connectivity index (χ0n) is 15.0. The van der Waals surface area contributed by atoms with Gasteiger partial charge in [-0.2, -0.15) is 13.2 Å². The van der Waals surface area contributed by atoms with Crippen LogP contribution in [-0.4, -0.2) is 58.9 Å². The van der Waals surface area contributed by atoms with Gasteiger partial charge in [0.25, 0.3) is 5.91 Å². The smallest absolute Gasteiger partial charge is 0.335 e. The first-order valence-electron chi connectivity index (χ1n) is 8.51. The molecule has 2 aromatic rings. The van der Waals surface area contributed by atoms with Crippen LogP contribution in [0.15, 0.2) is 30.3 Å². The normalized spacial score (nSPS) is 15.7. The minimum Gasteiger partial charge on any atom is -0.335 e. The van der Waals surface area contributed by atoms with Crippen molar-refractivity contribution in [2.45, 2.75) is 13.1 Å². The third kappa shape index (κ3) is 4.54. The third-order valence-corrected chi connectivity index (χ3v) is 4.34. The molecule has 1 aliphatic heterocycles. The minimum absolute atomic E-state index is 0.0378. The summed E-state index contributed by atoms with van der Waals surface area (Å²) in [6, 6.07) is 6.63. The molecule has 144 valence electrons. The van der Waals surface area contributed by atoms with Gasteiger partial charge in [-0.3, -0.25) is 4.79 Å². The van der Waals surface area contributed by atoms with Crippen LogP contribution in [0.2, 0.25) is 0 Å². The summed E-state index contributed by atoms with van der Waals surface area (Å²) in [7, 11) is 1.98. The summed E-state index contributed by atoms with van der Waals surface area (Å²) in [6.45, 7) is 4.36. The highest BCUT2D eigenvalue weighted by atomic mass is 19.4. The molecule has 0 atom stereocenters. The van der Waals surface area contributed by atoms with E-state index in [0.29, 0.717) is 18.8 Å². The molecular formula is C18H20F3N5O. The van der Waals surface area contributed by atoms with Gasteiger partial charge in [-0.1, -0.05) is 12.1 Å². The molecule has 0 spiro atoms. The van der Waals surface area contributed by atoms with Crippen LogP contribution in [-0.2, 0) is 6.18 Å². The Balaban J connectivity index is 1.86. The molecule has 1 fully saturated rings. The average molecular weight is 379 g/mol. The number of nitrogens with one attached hydrogen (secondary N) is 1. The molecule has 1 aliphatic rings. The van der Waals surface area contributed by atoms with E-state index < -0.39 is 11.7 Å². The number of amides is 1. The number of anilines is 2. The van der Waals surface area contributed by atoms with E-state index in [2.05, 4.69) is 20.2 Å². The number of alkyl halides is 3. The first kappa shape index (κ1) is 19.1. The second kappa shape index (κ2) is 7.51. The highest BCUT2D eigenvalue weighted by molar-refractivity contribution is 5.92. The second-order valence-electron chi connectivity index (χ2n) is 6.48. The van der Waals surface area contributed by atoms with Crippen molar-refractivity contribution in [2.24, 2.45) is 0 Å². The summed E-state index contributed by atoms with van der Waals surface area (Å²) in [4.78, 5) is 24.8. The maximum Gasteiger partial charge on any atom is 0.418 e. The van der Waals surface area contributed by atoms with E-state index in [-0.39, 0.29) is 23.2 Å². The van der Waals surface area contributed by atoms with Crippen molar-refractivity contribution in [3.63, 3.8) is 0 Å². The molecule has 0 bridgehead atoms. The van der Waals surface area contributed by atoms with E-state index in [0.717, 1.165) is 19.2 Å². The van der Waals surface area contributed by atoms with Gasteiger partial charge >= 0.3 is 6.18 Å². The summed E-state index contributed by atoms with van der Waals surface area (Å²) in [5, 5.41) is 2.60. The standard InChI is InChI=1S/C18H20F3N5O/c1-12-11-15(16(27)26-9-7-25(2)8-10-26)24-17(22-12)23-14-6-4-3-5-13(14)18(19,20)21/h3-6,11H,7-10H2,1-2H3,(H,22,23,24). The topological polar surface area (TPSA) is 61.4 Å². The lowest BCUT2D eigenvalue weighted by atomic mass is 10.1.